The Kier molecular flexibility index (Phi) is 5.23. The Labute approximate surface area is 104 Å². The van der Waals surface area contributed by atoms with Crippen molar-refractivity contribution >= 4 is 10.8 Å². The second-order valence-electron chi connectivity index (χ2n) is 4.18. The van der Waals surface area contributed by atoms with E-state index in [9.17, 15) is 0 Å². The predicted molar refractivity (Wildman–Crippen MR) is 74.0 cm³/mol. The van der Waals surface area contributed by atoms with Crippen molar-refractivity contribution in [1.82, 2.24) is 0 Å². The molecule has 0 aliphatic carbocycles. The van der Waals surface area contributed by atoms with Crippen LogP contribution in [-0.4, -0.2) is 0 Å². The molecular formula is C16H19N. The van der Waals surface area contributed by atoms with Crippen molar-refractivity contribution in [3.8, 4) is 6.07 Å². The lowest BCUT2D eigenvalue weighted by Gasteiger charge is -1.98. The summed E-state index contributed by atoms with van der Waals surface area (Å²) in [5.74, 6) is 0. The highest BCUT2D eigenvalue weighted by Gasteiger charge is 1.95. The highest BCUT2D eigenvalue weighted by molar-refractivity contribution is 5.84. The van der Waals surface area contributed by atoms with E-state index in [-0.39, 0.29) is 0 Å². The SMILES string of the molecule is CCCC.Cc1ccc2cc(C#N)ccc2c1. The quantitative estimate of drug-likeness (QED) is 0.682. The van der Waals surface area contributed by atoms with Crippen molar-refractivity contribution in [1.29, 1.82) is 5.26 Å². The highest BCUT2D eigenvalue weighted by atomic mass is 14.2. The molecule has 1 nitrogen and oxygen atoms in total. The van der Waals surface area contributed by atoms with Crippen molar-refractivity contribution in [2.45, 2.75) is 33.6 Å². The molecule has 88 valence electrons. The first-order chi connectivity index (χ1) is 8.21. The third kappa shape index (κ3) is 3.92. The molecule has 2 aromatic rings. The van der Waals surface area contributed by atoms with Gasteiger partial charge in [0.25, 0.3) is 0 Å². The molecule has 2 aromatic carbocycles. The topological polar surface area (TPSA) is 23.8 Å². The van der Waals surface area contributed by atoms with E-state index in [1.54, 1.807) is 0 Å². The van der Waals surface area contributed by atoms with Gasteiger partial charge in [0.1, 0.15) is 0 Å². The van der Waals surface area contributed by atoms with E-state index in [0.29, 0.717) is 0 Å². The lowest BCUT2D eigenvalue weighted by Crippen LogP contribution is -1.77. The molecule has 0 spiro atoms. The van der Waals surface area contributed by atoms with Crippen LogP contribution in [0.2, 0.25) is 0 Å². The van der Waals surface area contributed by atoms with Crippen LogP contribution in [0, 0.1) is 18.3 Å². The van der Waals surface area contributed by atoms with Crippen molar-refractivity contribution < 1.29 is 0 Å². The lowest BCUT2D eigenvalue weighted by molar-refractivity contribution is 0.886. The number of nitrogens with zero attached hydrogens (tertiary/aromatic N) is 1. The zero-order chi connectivity index (χ0) is 12.7. The first-order valence-corrected chi connectivity index (χ1v) is 6.11. The maximum atomic E-state index is 8.70. The highest BCUT2D eigenvalue weighted by Crippen LogP contribution is 2.16. The van der Waals surface area contributed by atoms with Gasteiger partial charge in [0.2, 0.25) is 0 Å². The largest absolute Gasteiger partial charge is 0.192 e. The normalized spacial score (nSPS) is 9.29. The van der Waals surface area contributed by atoms with Crippen molar-refractivity contribution in [3.63, 3.8) is 0 Å². The van der Waals surface area contributed by atoms with Crippen LogP contribution < -0.4 is 0 Å². The summed E-state index contributed by atoms with van der Waals surface area (Å²) < 4.78 is 0. The number of aryl methyl sites for hydroxylation is 1. The average Bonchev–Trinajstić information content (AvgIpc) is 2.38. The maximum Gasteiger partial charge on any atom is 0.0991 e. The van der Waals surface area contributed by atoms with Gasteiger partial charge in [-0.2, -0.15) is 5.26 Å². The van der Waals surface area contributed by atoms with Crippen LogP contribution in [0.1, 0.15) is 37.8 Å². The van der Waals surface area contributed by atoms with E-state index in [1.165, 1.54) is 23.8 Å². The number of benzene rings is 2. The minimum absolute atomic E-state index is 0.719. The molecule has 0 N–H and O–H groups in total. The van der Waals surface area contributed by atoms with Gasteiger partial charge >= 0.3 is 0 Å². The fraction of sp³-hybridized carbons (Fsp3) is 0.312. The number of hydrogen-bond acceptors (Lipinski definition) is 1. The molecule has 0 aromatic heterocycles. The van der Waals surface area contributed by atoms with Gasteiger partial charge in [-0.15, -0.1) is 0 Å². The van der Waals surface area contributed by atoms with E-state index in [2.05, 4.69) is 39.0 Å². The third-order valence-corrected chi connectivity index (χ3v) is 2.62. The van der Waals surface area contributed by atoms with Gasteiger partial charge in [-0.25, -0.2) is 0 Å². The number of nitriles is 1. The van der Waals surface area contributed by atoms with Crippen molar-refractivity contribution in [3.05, 3.63) is 47.5 Å². The molecule has 0 saturated carbocycles. The average molecular weight is 225 g/mol. The molecular weight excluding hydrogens is 206 g/mol. The zero-order valence-corrected chi connectivity index (χ0v) is 10.8. The van der Waals surface area contributed by atoms with Crippen molar-refractivity contribution in [2.75, 3.05) is 0 Å². The van der Waals surface area contributed by atoms with Crippen LogP contribution in [0.3, 0.4) is 0 Å². The molecule has 0 saturated heterocycles. The third-order valence-electron chi connectivity index (χ3n) is 2.62. The number of unbranched alkanes of at least 4 members (excludes halogenated alkanes) is 1. The molecule has 0 bridgehead atoms. The van der Waals surface area contributed by atoms with Crippen molar-refractivity contribution in [2.24, 2.45) is 0 Å². The molecule has 0 aliphatic heterocycles. The lowest BCUT2D eigenvalue weighted by atomic mass is 10.1. The summed E-state index contributed by atoms with van der Waals surface area (Å²) in [5.41, 5.74) is 1.97. The second-order valence-corrected chi connectivity index (χ2v) is 4.18. The van der Waals surface area contributed by atoms with Crippen LogP contribution in [0.4, 0.5) is 0 Å². The van der Waals surface area contributed by atoms with Crippen LogP contribution in [0.25, 0.3) is 10.8 Å². The van der Waals surface area contributed by atoms with E-state index in [4.69, 9.17) is 5.26 Å². The van der Waals surface area contributed by atoms with E-state index in [0.717, 1.165) is 10.9 Å². The molecule has 0 unspecified atom stereocenters. The first-order valence-electron chi connectivity index (χ1n) is 6.11. The Hall–Kier alpha value is -1.81. The van der Waals surface area contributed by atoms with Crippen LogP contribution >= 0.6 is 0 Å². The standard InChI is InChI=1S/C12H9N.C4H10/c1-9-2-4-12-7-10(8-13)3-5-11(12)6-9;1-3-4-2/h2-7H,1H3;3-4H2,1-2H3. The van der Waals surface area contributed by atoms with Crippen LogP contribution in [0.5, 0.6) is 0 Å². The summed E-state index contributed by atoms with van der Waals surface area (Å²) in [5, 5.41) is 11.0. The summed E-state index contributed by atoms with van der Waals surface area (Å²) in [6, 6.07) is 14.1. The maximum absolute atomic E-state index is 8.70. The molecule has 0 fully saturated rings. The fourth-order valence-electron chi connectivity index (χ4n) is 1.43. The second kappa shape index (κ2) is 6.70. The Morgan fingerprint density at radius 2 is 1.53 bits per heavy atom. The summed E-state index contributed by atoms with van der Waals surface area (Å²) >= 11 is 0. The van der Waals surface area contributed by atoms with E-state index < -0.39 is 0 Å². The van der Waals surface area contributed by atoms with Crippen LogP contribution in [0.15, 0.2) is 36.4 Å². The summed E-state index contributed by atoms with van der Waals surface area (Å²) in [7, 11) is 0. The molecule has 0 heterocycles. The van der Waals surface area contributed by atoms with E-state index >= 15 is 0 Å². The summed E-state index contributed by atoms with van der Waals surface area (Å²) in [4.78, 5) is 0. The van der Waals surface area contributed by atoms with Crippen LogP contribution in [-0.2, 0) is 0 Å². The van der Waals surface area contributed by atoms with Gasteiger partial charge in [0.15, 0.2) is 0 Å². The Morgan fingerprint density at radius 3 is 2.12 bits per heavy atom. The minimum Gasteiger partial charge on any atom is -0.192 e. The molecule has 0 amide bonds. The monoisotopic (exact) mass is 225 g/mol. The molecule has 0 radical (unpaired) electrons. The predicted octanol–water partition coefficient (Wildman–Crippen LogP) is 4.83. The van der Waals surface area contributed by atoms with Gasteiger partial charge in [-0.3, -0.25) is 0 Å². The number of hydrogen-bond donors (Lipinski definition) is 0. The molecule has 0 aliphatic rings. The van der Waals surface area contributed by atoms with E-state index in [1.807, 2.05) is 24.3 Å². The molecule has 0 atom stereocenters. The van der Waals surface area contributed by atoms with Gasteiger partial charge in [0, 0.05) is 0 Å². The Bertz CT molecular complexity index is 519. The first kappa shape index (κ1) is 13.3. The van der Waals surface area contributed by atoms with Gasteiger partial charge in [-0.1, -0.05) is 56.5 Å². The van der Waals surface area contributed by atoms with Gasteiger partial charge in [0.05, 0.1) is 11.6 Å². The molecule has 2 rings (SSSR count). The number of rotatable bonds is 1. The molecule has 1 heteroatoms. The Morgan fingerprint density at radius 1 is 0.941 bits per heavy atom. The summed E-state index contributed by atoms with van der Waals surface area (Å²) in [6.45, 7) is 6.43. The fourth-order valence-corrected chi connectivity index (χ4v) is 1.43. The number of fused-ring (bicyclic) bond motifs is 1. The molecule has 17 heavy (non-hydrogen) atoms. The summed E-state index contributed by atoms with van der Waals surface area (Å²) in [6.07, 6.45) is 2.64. The smallest absolute Gasteiger partial charge is 0.0991 e. The van der Waals surface area contributed by atoms with Gasteiger partial charge < -0.3 is 0 Å². The zero-order valence-electron chi connectivity index (χ0n) is 10.8. The Balaban J connectivity index is 0.000000317. The minimum atomic E-state index is 0.719. The van der Waals surface area contributed by atoms with Gasteiger partial charge in [-0.05, 0) is 29.8 Å².